The molecule has 3 N–H and O–H groups in total. The Balaban J connectivity index is 1.92. The molecule has 108 valence electrons. The number of aromatic nitrogens is 1. The molecule has 1 aliphatic rings. The molecule has 1 saturated carbocycles. The lowest BCUT2D eigenvalue weighted by Crippen LogP contribution is -2.39. The lowest BCUT2D eigenvalue weighted by atomic mass is 9.85. The Hall–Kier alpha value is -1.33. The molecule has 0 saturated heterocycles. The summed E-state index contributed by atoms with van der Waals surface area (Å²) in [5.41, 5.74) is 5.65. The number of rotatable bonds is 3. The Morgan fingerprint density at radius 3 is 2.45 bits per heavy atom. The van der Waals surface area contributed by atoms with Crippen LogP contribution in [0.25, 0.3) is 0 Å². The lowest BCUT2D eigenvalue weighted by molar-refractivity contribution is -0.122. The van der Waals surface area contributed by atoms with E-state index in [1.165, 1.54) is 12.3 Å². The summed E-state index contributed by atoms with van der Waals surface area (Å²) >= 11 is 11.5. The van der Waals surface area contributed by atoms with E-state index in [0.717, 1.165) is 12.8 Å². The monoisotopic (exact) mass is 315 g/mol. The fourth-order valence-electron chi connectivity index (χ4n) is 2.34. The second kappa shape index (κ2) is 6.41. The van der Waals surface area contributed by atoms with E-state index in [2.05, 4.69) is 10.3 Å². The van der Waals surface area contributed by atoms with Crippen LogP contribution in [-0.2, 0) is 4.79 Å². The van der Waals surface area contributed by atoms with E-state index in [0.29, 0.717) is 18.4 Å². The number of carbonyl (C=O) groups excluding carboxylic acids is 2. The van der Waals surface area contributed by atoms with Crippen molar-refractivity contribution >= 4 is 35.0 Å². The highest BCUT2D eigenvalue weighted by molar-refractivity contribution is 6.41. The van der Waals surface area contributed by atoms with Crippen molar-refractivity contribution in [2.75, 3.05) is 0 Å². The molecule has 0 atom stereocenters. The summed E-state index contributed by atoms with van der Waals surface area (Å²) in [6, 6.07) is 1.54. The van der Waals surface area contributed by atoms with Gasteiger partial charge in [0.15, 0.2) is 0 Å². The molecule has 0 aromatic carbocycles. The number of pyridine rings is 1. The minimum atomic E-state index is -0.261. The first kappa shape index (κ1) is 15.1. The summed E-state index contributed by atoms with van der Waals surface area (Å²) in [5, 5.41) is 3.33. The number of carbonyl (C=O) groups is 2. The van der Waals surface area contributed by atoms with Crippen molar-refractivity contribution in [1.29, 1.82) is 0 Å². The number of nitrogens with two attached hydrogens (primary N) is 1. The van der Waals surface area contributed by atoms with E-state index in [1.54, 1.807) is 0 Å². The van der Waals surface area contributed by atoms with Crippen LogP contribution in [0.3, 0.4) is 0 Å². The van der Waals surface area contributed by atoms with Crippen LogP contribution in [0.1, 0.15) is 36.0 Å². The standard InChI is InChI=1S/C13H15Cl2N3O2/c14-10-5-8(6-17-11(10)15)13(20)18-9-3-1-7(2-4-9)12(16)19/h5-7,9H,1-4H2,(H2,16,19)(H,18,20). The van der Waals surface area contributed by atoms with E-state index in [1.807, 2.05) is 0 Å². The summed E-state index contributed by atoms with van der Waals surface area (Å²) in [7, 11) is 0. The first-order chi connectivity index (χ1) is 9.47. The molecule has 5 nitrogen and oxygen atoms in total. The molecule has 1 fully saturated rings. The molecule has 1 aliphatic carbocycles. The fraction of sp³-hybridized carbons (Fsp3) is 0.462. The molecule has 1 heterocycles. The van der Waals surface area contributed by atoms with Crippen molar-refractivity contribution in [3.63, 3.8) is 0 Å². The van der Waals surface area contributed by atoms with Crippen LogP contribution in [0, 0.1) is 5.92 Å². The van der Waals surface area contributed by atoms with E-state index >= 15 is 0 Å². The van der Waals surface area contributed by atoms with Gasteiger partial charge < -0.3 is 11.1 Å². The van der Waals surface area contributed by atoms with Gasteiger partial charge in [0.1, 0.15) is 5.15 Å². The van der Waals surface area contributed by atoms with E-state index < -0.39 is 0 Å². The second-order valence-corrected chi connectivity index (χ2v) is 5.69. The zero-order valence-corrected chi connectivity index (χ0v) is 12.2. The van der Waals surface area contributed by atoms with Gasteiger partial charge in [-0.15, -0.1) is 0 Å². The van der Waals surface area contributed by atoms with Crippen molar-refractivity contribution in [2.45, 2.75) is 31.7 Å². The van der Waals surface area contributed by atoms with Gasteiger partial charge in [-0.1, -0.05) is 23.2 Å². The molecule has 0 unspecified atom stereocenters. The molecule has 0 radical (unpaired) electrons. The van der Waals surface area contributed by atoms with Gasteiger partial charge in [-0.2, -0.15) is 0 Å². The Labute approximate surface area is 126 Å². The summed E-state index contributed by atoms with van der Waals surface area (Å²) in [6.45, 7) is 0. The molecule has 2 rings (SSSR count). The van der Waals surface area contributed by atoms with Gasteiger partial charge in [0.2, 0.25) is 5.91 Å². The maximum absolute atomic E-state index is 12.0. The van der Waals surface area contributed by atoms with Crippen LogP contribution >= 0.6 is 23.2 Å². The molecule has 0 spiro atoms. The van der Waals surface area contributed by atoms with E-state index in [-0.39, 0.29) is 33.9 Å². The predicted octanol–water partition coefficient (Wildman–Crippen LogP) is 2.16. The Morgan fingerprint density at radius 1 is 1.25 bits per heavy atom. The molecule has 7 heteroatoms. The Bertz CT molecular complexity index is 528. The minimum absolute atomic E-state index is 0.0487. The van der Waals surface area contributed by atoms with Gasteiger partial charge in [-0.05, 0) is 31.7 Å². The smallest absolute Gasteiger partial charge is 0.253 e. The van der Waals surface area contributed by atoms with Gasteiger partial charge in [-0.25, -0.2) is 4.98 Å². The highest BCUT2D eigenvalue weighted by Crippen LogP contribution is 2.24. The van der Waals surface area contributed by atoms with Crippen LogP contribution in [0.2, 0.25) is 10.2 Å². The highest BCUT2D eigenvalue weighted by Gasteiger charge is 2.25. The van der Waals surface area contributed by atoms with Gasteiger partial charge >= 0.3 is 0 Å². The van der Waals surface area contributed by atoms with E-state index in [9.17, 15) is 9.59 Å². The fourth-order valence-corrected chi connectivity index (χ4v) is 2.61. The third-order valence-corrected chi connectivity index (χ3v) is 4.21. The topological polar surface area (TPSA) is 85.1 Å². The first-order valence-corrected chi connectivity index (χ1v) is 7.14. The number of nitrogens with one attached hydrogen (secondary N) is 1. The molecule has 1 aromatic rings. The minimum Gasteiger partial charge on any atom is -0.369 e. The van der Waals surface area contributed by atoms with Crippen molar-refractivity contribution in [3.05, 3.63) is 28.0 Å². The van der Waals surface area contributed by atoms with Gasteiger partial charge in [0, 0.05) is 18.2 Å². The zero-order valence-electron chi connectivity index (χ0n) is 10.7. The summed E-state index contributed by atoms with van der Waals surface area (Å²) in [5.74, 6) is -0.572. The summed E-state index contributed by atoms with van der Waals surface area (Å²) in [4.78, 5) is 27.0. The quantitative estimate of drug-likeness (QED) is 0.838. The predicted molar refractivity (Wildman–Crippen MR) is 76.7 cm³/mol. The Morgan fingerprint density at radius 2 is 1.90 bits per heavy atom. The van der Waals surface area contributed by atoms with Crippen LogP contribution < -0.4 is 11.1 Å². The summed E-state index contributed by atoms with van der Waals surface area (Å²) < 4.78 is 0. The molecule has 1 aromatic heterocycles. The number of nitrogens with zero attached hydrogens (tertiary/aromatic N) is 1. The first-order valence-electron chi connectivity index (χ1n) is 6.38. The lowest BCUT2D eigenvalue weighted by Gasteiger charge is -2.27. The number of hydrogen-bond acceptors (Lipinski definition) is 3. The number of primary amides is 1. The largest absolute Gasteiger partial charge is 0.369 e. The van der Waals surface area contributed by atoms with Gasteiger partial charge in [0.25, 0.3) is 5.91 Å². The maximum atomic E-state index is 12.0. The van der Waals surface area contributed by atoms with Gasteiger partial charge in [-0.3, -0.25) is 9.59 Å². The van der Waals surface area contributed by atoms with Crippen LogP contribution in [-0.4, -0.2) is 22.8 Å². The van der Waals surface area contributed by atoms with Crippen molar-refractivity contribution < 1.29 is 9.59 Å². The highest BCUT2D eigenvalue weighted by atomic mass is 35.5. The SMILES string of the molecule is NC(=O)C1CCC(NC(=O)c2cnc(Cl)c(Cl)c2)CC1. The van der Waals surface area contributed by atoms with Crippen LogP contribution in [0.5, 0.6) is 0 Å². The Kier molecular flexibility index (Phi) is 4.83. The second-order valence-electron chi connectivity index (χ2n) is 4.92. The summed E-state index contributed by atoms with van der Waals surface area (Å²) in [6.07, 6.45) is 4.29. The average Bonchev–Trinajstić information content (AvgIpc) is 2.42. The average molecular weight is 316 g/mol. The van der Waals surface area contributed by atoms with Crippen molar-refractivity contribution in [1.82, 2.24) is 10.3 Å². The normalized spacial score (nSPS) is 22.3. The van der Waals surface area contributed by atoms with Crippen LogP contribution in [0.15, 0.2) is 12.3 Å². The molecular formula is C13H15Cl2N3O2. The maximum Gasteiger partial charge on any atom is 0.253 e. The van der Waals surface area contributed by atoms with Gasteiger partial charge in [0.05, 0.1) is 10.6 Å². The third kappa shape index (κ3) is 3.61. The molecular weight excluding hydrogens is 301 g/mol. The molecule has 20 heavy (non-hydrogen) atoms. The van der Waals surface area contributed by atoms with E-state index in [4.69, 9.17) is 28.9 Å². The molecule has 0 bridgehead atoms. The van der Waals surface area contributed by atoms with Crippen molar-refractivity contribution in [2.24, 2.45) is 11.7 Å². The zero-order chi connectivity index (χ0) is 14.7. The third-order valence-electron chi connectivity index (χ3n) is 3.52. The number of halogens is 2. The molecule has 2 amide bonds. The number of amides is 2. The van der Waals surface area contributed by atoms with Crippen LogP contribution in [0.4, 0.5) is 0 Å². The number of hydrogen-bond donors (Lipinski definition) is 2. The molecule has 0 aliphatic heterocycles. The van der Waals surface area contributed by atoms with Crippen molar-refractivity contribution in [3.8, 4) is 0 Å².